The highest BCUT2D eigenvalue weighted by atomic mass is 32.2. The molecular weight excluding hydrogens is 390 g/mol. The predicted molar refractivity (Wildman–Crippen MR) is 118 cm³/mol. The number of benzene rings is 1. The summed E-state index contributed by atoms with van der Waals surface area (Å²) in [5.74, 6) is 0.196. The van der Waals surface area contributed by atoms with Crippen molar-refractivity contribution in [3.05, 3.63) is 45.1 Å². The average molecular weight is 416 g/mol. The molecule has 0 bridgehead atoms. The number of carbonyl (C=O) groups is 1. The lowest BCUT2D eigenvalue weighted by molar-refractivity contribution is -0.119. The van der Waals surface area contributed by atoms with E-state index in [0.717, 1.165) is 17.5 Å². The van der Waals surface area contributed by atoms with E-state index in [-0.39, 0.29) is 23.3 Å². The first-order valence-corrected chi connectivity index (χ1v) is 11.2. The molecule has 7 heteroatoms. The molecule has 0 radical (unpaired) electrons. The lowest BCUT2D eigenvalue weighted by Gasteiger charge is -2.12. The Kier molecular flexibility index (Phi) is 6.25. The molecule has 148 valence electrons. The Morgan fingerprint density at radius 2 is 2.07 bits per heavy atom. The highest BCUT2D eigenvalue weighted by Gasteiger charge is 2.17. The maximum Gasteiger partial charge on any atom is 0.263 e. The molecule has 0 spiro atoms. The molecule has 28 heavy (non-hydrogen) atoms. The van der Waals surface area contributed by atoms with Gasteiger partial charge in [-0.1, -0.05) is 36.9 Å². The summed E-state index contributed by atoms with van der Waals surface area (Å²) in [6, 6.07) is 6.38. The number of carbonyl (C=O) groups excluding carboxylic acids is 1. The minimum absolute atomic E-state index is 0.0457. The maximum absolute atomic E-state index is 13.0. The van der Waals surface area contributed by atoms with Crippen molar-refractivity contribution in [1.82, 2.24) is 14.9 Å². The molecule has 0 saturated carbocycles. The first-order chi connectivity index (χ1) is 13.3. The molecule has 0 aliphatic rings. The Morgan fingerprint density at radius 3 is 2.75 bits per heavy atom. The van der Waals surface area contributed by atoms with Crippen molar-refractivity contribution in [2.24, 2.45) is 7.05 Å². The molecule has 5 nitrogen and oxygen atoms in total. The maximum atomic E-state index is 13.0. The SMILES string of the molecule is CC[C@H](C)NC(=O)CSc1nc2scc(-c3ccc(C)c(C)c3)c2c(=O)n1C. The number of hydrogen-bond acceptors (Lipinski definition) is 5. The number of nitrogens with one attached hydrogen (secondary N) is 1. The normalized spacial score (nSPS) is 12.3. The van der Waals surface area contributed by atoms with Gasteiger partial charge in [0.25, 0.3) is 5.56 Å². The fourth-order valence-corrected chi connectivity index (χ4v) is 4.62. The standard InChI is InChI=1S/C21H25N3O2S2/c1-6-14(4)22-17(25)11-28-21-23-19-18(20(26)24(21)5)16(10-27-19)15-8-7-12(2)13(3)9-15/h7-10,14H,6,11H2,1-5H3,(H,22,25)/t14-/m0/s1. The van der Waals surface area contributed by atoms with Gasteiger partial charge in [0.2, 0.25) is 5.91 Å². The summed E-state index contributed by atoms with van der Waals surface area (Å²) in [5.41, 5.74) is 4.29. The lowest BCUT2D eigenvalue weighted by Crippen LogP contribution is -2.33. The third kappa shape index (κ3) is 4.15. The Labute approximate surface area is 173 Å². The molecule has 1 aromatic carbocycles. The Bertz CT molecular complexity index is 1090. The van der Waals surface area contributed by atoms with Gasteiger partial charge < -0.3 is 5.32 Å². The van der Waals surface area contributed by atoms with Crippen molar-refractivity contribution < 1.29 is 4.79 Å². The molecule has 0 aliphatic carbocycles. The molecule has 2 heterocycles. The number of nitrogens with zero attached hydrogens (tertiary/aromatic N) is 2. The zero-order valence-corrected chi connectivity index (χ0v) is 18.5. The van der Waals surface area contributed by atoms with Crippen LogP contribution in [0.25, 0.3) is 21.3 Å². The van der Waals surface area contributed by atoms with E-state index < -0.39 is 0 Å². The number of aryl methyl sites for hydroxylation is 2. The van der Waals surface area contributed by atoms with E-state index in [1.54, 1.807) is 11.6 Å². The molecule has 2 aromatic heterocycles. The van der Waals surface area contributed by atoms with Crippen LogP contribution in [0.15, 0.2) is 33.5 Å². The van der Waals surface area contributed by atoms with Gasteiger partial charge in [-0.25, -0.2) is 4.98 Å². The largest absolute Gasteiger partial charge is 0.353 e. The molecule has 0 saturated heterocycles. The summed E-state index contributed by atoms with van der Waals surface area (Å²) in [6.45, 7) is 8.15. The highest BCUT2D eigenvalue weighted by molar-refractivity contribution is 7.99. The summed E-state index contributed by atoms with van der Waals surface area (Å²) < 4.78 is 1.54. The van der Waals surface area contributed by atoms with Crippen LogP contribution in [0.4, 0.5) is 0 Å². The molecular formula is C21H25N3O2S2. The lowest BCUT2D eigenvalue weighted by atomic mass is 10.0. The van der Waals surface area contributed by atoms with Crippen LogP contribution in [0.5, 0.6) is 0 Å². The zero-order valence-electron chi connectivity index (χ0n) is 16.8. The molecule has 1 N–H and O–H groups in total. The van der Waals surface area contributed by atoms with Gasteiger partial charge in [0.1, 0.15) is 4.83 Å². The zero-order chi connectivity index (χ0) is 20.4. The number of thiophene rings is 1. The molecule has 1 amide bonds. The van der Waals surface area contributed by atoms with Crippen LogP contribution in [0, 0.1) is 13.8 Å². The van der Waals surface area contributed by atoms with Crippen molar-refractivity contribution in [2.45, 2.75) is 45.3 Å². The summed E-state index contributed by atoms with van der Waals surface area (Å²) in [4.78, 5) is 30.5. The van der Waals surface area contributed by atoms with E-state index in [1.807, 2.05) is 25.3 Å². The van der Waals surface area contributed by atoms with E-state index in [9.17, 15) is 9.59 Å². The minimum Gasteiger partial charge on any atom is -0.353 e. The highest BCUT2D eigenvalue weighted by Crippen LogP contribution is 2.32. The van der Waals surface area contributed by atoms with Crippen molar-refractivity contribution >= 4 is 39.2 Å². The van der Waals surface area contributed by atoms with Crippen LogP contribution in [0.2, 0.25) is 0 Å². The van der Waals surface area contributed by atoms with Crippen LogP contribution in [-0.2, 0) is 11.8 Å². The minimum atomic E-state index is -0.0793. The van der Waals surface area contributed by atoms with E-state index in [0.29, 0.717) is 15.4 Å². The van der Waals surface area contributed by atoms with Crippen LogP contribution in [0.3, 0.4) is 0 Å². The van der Waals surface area contributed by atoms with Gasteiger partial charge in [-0.2, -0.15) is 0 Å². The van der Waals surface area contributed by atoms with Gasteiger partial charge in [0.05, 0.1) is 11.1 Å². The van der Waals surface area contributed by atoms with E-state index in [1.165, 1.54) is 34.2 Å². The monoisotopic (exact) mass is 415 g/mol. The number of thioether (sulfide) groups is 1. The average Bonchev–Trinajstić information content (AvgIpc) is 3.09. The van der Waals surface area contributed by atoms with Crippen LogP contribution >= 0.6 is 23.1 Å². The summed E-state index contributed by atoms with van der Waals surface area (Å²) >= 11 is 2.76. The summed E-state index contributed by atoms with van der Waals surface area (Å²) in [6.07, 6.45) is 0.884. The number of aromatic nitrogens is 2. The van der Waals surface area contributed by atoms with E-state index in [4.69, 9.17) is 0 Å². The number of hydrogen-bond donors (Lipinski definition) is 1. The topological polar surface area (TPSA) is 64.0 Å². The Morgan fingerprint density at radius 1 is 1.32 bits per heavy atom. The Hall–Kier alpha value is -2.12. The van der Waals surface area contributed by atoms with Gasteiger partial charge >= 0.3 is 0 Å². The fraction of sp³-hybridized carbons (Fsp3) is 0.381. The van der Waals surface area contributed by atoms with Gasteiger partial charge in [-0.3, -0.25) is 14.2 Å². The third-order valence-electron chi connectivity index (χ3n) is 4.94. The van der Waals surface area contributed by atoms with Crippen LogP contribution < -0.4 is 10.9 Å². The second kappa shape index (κ2) is 8.49. The first-order valence-electron chi connectivity index (χ1n) is 9.29. The van der Waals surface area contributed by atoms with Crippen molar-refractivity contribution in [1.29, 1.82) is 0 Å². The molecule has 0 fully saturated rings. The van der Waals surface area contributed by atoms with Gasteiger partial charge in [0, 0.05) is 24.0 Å². The third-order valence-corrected chi connectivity index (χ3v) is 6.85. The van der Waals surface area contributed by atoms with Crippen LogP contribution in [0.1, 0.15) is 31.4 Å². The molecule has 0 unspecified atom stereocenters. The van der Waals surface area contributed by atoms with E-state index in [2.05, 4.69) is 36.3 Å². The summed E-state index contributed by atoms with van der Waals surface area (Å²) in [5, 5.41) is 6.13. The van der Waals surface area contributed by atoms with Gasteiger partial charge in [0.15, 0.2) is 5.16 Å². The number of amides is 1. The Balaban J connectivity index is 1.93. The molecule has 1 atom stereocenters. The number of rotatable bonds is 6. The second-order valence-electron chi connectivity index (χ2n) is 7.05. The van der Waals surface area contributed by atoms with Gasteiger partial charge in [-0.15, -0.1) is 11.3 Å². The van der Waals surface area contributed by atoms with Crippen molar-refractivity contribution in [2.75, 3.05) is 5.75 Å². The fourth-order valence-electron chi connectivity index (χ4n) is 2.85. The second-order valence-corrected chi connectivity index (χ2v) is 8.85. The van der Waals surface area contributed by atoms with Crippen LogP contribution in [-0.4, -0.2) is 27.3 Å². The van der Waals surface area contributed by atoms with E-state index >= 15 is 0 Å². The van der Waals surface area contributed by atoms with Crippen molar-refractivity contribution in [3.63, 3.8) is 0 Å². The van der Waals surface area contributed by atoms with Crippen molar-refractivity contribution in [3.8, 4) is 11.1 Å². The number of fused-ring (bicyclic) bond motifs is 1. The molecule has 0 aliphatic heterocycles. The molecule has 3 rings (SSSR count). The summed E-state index contributed by atoms with van der Waals surface area (Å²) in [7, 11) is 1.71. The molecule has 3 aromatic rings. The van der Waals surface area contributed by atoms with Gasteiger partial charge in [-0.05, 0) is 43.9 Å². The smallest absolute Gasteiger partial charge is 0.263 e. The first kappa shape index (κ1) is 20.6. The quantitative estimate of drug-likeness (QED) is 0.482. The predicted octanol–water partition coefficient (Wildman–Crippen LogP) is 4.29.